The molecule has 140 valence electrons. The highest BCUT2D eigenvalue weighted by Crippen LogP contribution is 2.26. The van der Waals surface area contributed by atoms with Gasteiger partial charge in [-0.2, -0.15) is 0 Å². The fourth-order valence-electron chi connectivity index (χ4n) is 2.65. The molecule has 0 saturated carbocycles. The van der Waals surface area contributed by atoms with Gasteiger partial charge in [0, 0.05) is 18.3 Å². The van der Waals surface area contributed by atoms with Crippen LogP contribution in [0.15, 0.2) is 53.7 Å². The van der Waals surface area contributed by atoms with Crippen molar-refractivity contribution in [2.75, 3.05) is 5.32 Å². The van der Waals surface area contributed by atoms with Crippen molar-refractivity contribution in [2.45, 2.75) is 37.6 Å². The smallest absolute Gasteiger partial charge is 0.237 e. The second kappa shape index (κ2) is 8.39. The molecule has 0 aliphatic rings. The zero-order valence-corrected chi connectivity index (χ0v) is 16.9. The highest BCUT2D eigenvalue weighted by Gasteiger charge is 2.19. The van der Waals surface area contributed by atoms with Gasteiger partial charge >= 0.3 is 0 Å². The Kier molecular flexibility index (Phi) is 5.96. The van der Waals surface area contributed by atoms with Crippen molar-refractivity contribution < 1.29 is 4.79 Å². The van der Waals surface area contributed by atoms with Crippen LogP contribution in [-0.4, -0.2) is 25.9 Å². The van der Waals surface area contributed by atoms with Crippen molar-refractivity contribution in [3.8, 4) is 11.4 Å². The van der Waals surface area contributed by atoms with Gasteiger partial charge in [-0.05, 0) is 38.0 Å². The van der Waals surface area contributed by atoms with E-state index in [1.165, 1.54) is 22.9 Å². The molecule has 2 aromatic carbocycles. The van der Waals surface area contributed by atoms with Gasteiger partial charge in [0.05, 0.1) is 5.25 Å². The van der Waals surface area contributed by atoms with Crippen LogP contribution in [0.1, 0.15) is 25.0 Å². The van der Waals surface area contributed by atoms with Gasteiger partial charge in [-0.25, -0.2) is 0 Å². The van der Waals surface area contributed by atoms with Crippen LogP contribution in [0.25, 0.3) is 11.4 Å². The van der Waals surface area contributed by atoms with Gasteiger partial charge in [0.1, 0.15) is 0 Å². The molecule has 1 heterocycles. The summed E-state index contributed by atoms with van der Waals surface area (Å²) in [4.78, 5) is 12.5. The number of thioether (sulfide) groups is 1. The number of aromatic nitrogens is 3. The lowest BCUT2D eigenvalue weighted by Crippen LogP contribution is -2.22. The highest BCUT2D eigenvalue weighted by molar-refractivity contribution is 8.00. The number of anilines is 1. The van der Waals surface area contributed by atoms with Crippen LogP contribution in [0.3, 0.4) is 0 Å². The number of benzene rings is 2. The number of rotatable bonds is 6. The molecule has 3 rings (SSSR count). The molecular formula is C21H24N4OS. The van der Waals surface area contributed by atoms with Crippen molar-refractivity contribution in [2.24, 2.45) is 7.05 Å². The molecular weight excluding hydrogens is 356 g/mol. The maximum Gasteiger partial charge on any atom is 0.237 e. The third-order valence-electron chi connectivity index (χ3n) is 4.43. The summed E-state index contributed by atoms with van der Waals surface area (Å²) < 4.78 is 1.93. The van der Waals surface area contributed by atoms with Gasteiger partial charge in [0.15, 0.2) is 11.0 Å². The molecule has 1 unspecified atom stereocenters. The van der Waals surface area contributed by atoms with Gasteiger partial charge in [0.25, 0.3) is 0 Å². The Bertz CT molecular complexity index is 916. The average Bonchev–Trinajstić information content (AvgIpc) is 3.03. The zero-order valence-electron chi connectivity index (χ0n) is 16.1. The molecule has 1 aromatic heterocycles. The summed E-state index contributed by atoms with van der Waals surface area (Å²) in [6.45, 7) is 6.04. The fourth-order valence-corrected chi connectivity index (χ4v) is 3.47. The van der Waals surface area contributed by atoms with Crippen molar-refractivity contribution in [1.29, 1.82) is 0 Å². The summed E-state index contributed by atoms with van der Waals surface area (Å²) in [5.74, 6) is 0.740. The molecule has 3 aromatic rings. The number of nitrogens with one attached hydrogen (secondary N) is 1. The number of hydrogen-bond acceptors (Lipinski definition) is 4. The van der Waals surface area contributed by atoms with E-state index in [0.29, 0.717) is 0 Å². The van der Waals surface area contributed by atoms with E-state index in [9.17, 15) is 4.79 Å². The molecule has 5 nitrogen and oxygen atoms in total. The fraction of sp³-hybridized carbons (Fsp3) is 0.286. The summed E-state index contributed by atoms with van der Waals surface area (Å²) in [6, 6.07) is 16.1. The van der Waals surface area contributed by atoms with Crippen LogP contribution in [0.2, 0.25) is 0 Å². The van der Waals surface area contributed by atoms with E-state index in [4.69, 9.17) is 0 Å². The molecule has 0 saturated heterocycles. The lowest BCUT2D eigenvalue weighted by atomic mass is 10.1. The van der Waals surface area contributed by atoms with Crippen LogP contribution in [0, 0.1) is 6.92 Å². The first-order valence-electron chi connectivity index (χ1n) is 9.01. The van der Waals surface area contributed by atoms with E-state index in [0.717, 1.165) is 28.7 Å². The van der Waals surface area contributed by atoms with Gasteiger partial charge in [-0.15, -0.1) is 10.2 Å². The Balaban J connectivity index is 1.67. The van der Waals surface area contributed by atoms with Crippen molar-refractivity contribution in [3.63, 3.8) is 0 Å². The molecule has 0 aliphatic heterocycles. The summed E-state index contributed by atoms with van der Waals surface area (Å²) in [6.07, 6.45) is 0.982. The highest BCUT2D eigenvalue weighted by atomic mass is 32.2. The zero-order chi connectivity index (χ0) is 19.4. The predicted molar refractivity (Wildman–Crippen MR) is 111 cm³/mol. The maximum absolute atomic E-state index is 12.5. The molecule has 1 N–H and O–H groups in total. The molecule has 0 bridgehead atoms. The second-order valence-corrected chi connectivity index (χ2v) is 7.84. The largest absolute Gasteiger partial charge is 0.325 e. The van der Waals surface area contributed by atoms with E-state index >= 15 is 0 Å². The van der Waals surface area contributed by atoms with Gasteiger partial charge in [0.2, 0.25) is 5.91 Å². The first-order chi connectivity index (χ1) is 13.0. The van der Waals surface area contributed by atoms with E-state index in [1.807, 2.05) is 54.9 Å². The third kappa shape index (κ3) is 4.57. The Labute approximate surface area is 164 Å². The standard InChI is InChI=1S/C21H24N4OS/c1-5-16-8-12-18(13-9-16)22-20(26)15(3)27-21-24-23-19(25(21)4)17-10-6-14(2)7-11-17/h6-13,15H,5H2,1-4H3,(H,22,26). The third-order valence-corrected chi connectivity index (χ3v) is 5.56. The summed E-state index contributed by atoms with van der Waals surface area (Å²) in [5, 5.41) is 11.9. The minimum absolute atomic E-state index is 0.0517. The van der Waals surface area contributed by atoms with Crippen molar-refractivity contribution >= 4 is 23.4 Å². The first kappa shape index (κ1) is 19.2. The second-order valence-electron chi connectivity index (χ2n) is 6.53. The summed E-state index contributed by atoms with van der Waals surface area (Å²) in [5.41, 5.74) is 4.27. The van der Waals surface area contributed by atoms with Crippen LogP contribution in [0.4, 0.5) is 5.69 Å². The number of aryl methyl sites for hydroxylation is 2. The van der Waals surface area contributed by atoms with E-state index in [2.05, 4.69) is 41.5 Å². The summed E-state index contributed by atoms with van der Waals surface area (Å²) >= 11 is 1.40. The van der Waals surface area contributed by atoms with Crippen molar-refractivity contribution in [3.05, 3.63) is 59.7 Å². The monoisotopic (exact) mass is 380 g/mol. The number of carbonyl (C=O) groups is 1. The van der Waals surface area contributed by atoms with Gasteiger partial charge in [-0.3, -0.25) is 4.79 Å². The normalized spacial score (nSPS) is 12.0. The molecule has 27 heavy (non-hydrogen) atoms. The molecule has 6 heteroatoms. The molecule has 0 spiro atoms. The molecule has 0 fully saturated rings. The Morgan fingerprint density at radius 2 is 1.78 bits per heavy atom. The molecule has 0 radical (unpaired) electrons. The van der Waals surface area contributed by atoms with E-state index in [1.54, 1.807) is 0 Å². The predicted octanol–water partition coefficient (Wildman–Crippen LogP) is 4.47. The van der Waals surface area contributed by atoms with Crippen LogP contribution < -0.4 is 5.32 Å². The SMILES string of the molecule is CCc1ccc(NC(=O)C(C)Sc2nnc(-c3ccc(C)cc3)n2C)cc1. The Morgan fingerprint density at radius 3 is 2.41 bits per heavy atom. The van der Waals surface area contributed by atoms with Crippen molar-refractivity contribution in [1.82, 2.24) is 14.8 Å². The number of hydrogen-bond donors (Lipinski definition) is 1. The quantitative estimate of drug-likeness (QED) is 0.641. The summed E-state index contributed by atoms with van der Waals surface area (Å²) in [7, 11) is 1.92. The maximum atomic E-state index is 12.5. The number of carbonyl (C=O) groups excluding carboxylic acids is 1. The van der Waals surface area contributed by atoms with Crippen LogP contribution in [0.5, 0.6) is 0 Å². The van der Waals surface area contributed by atoms with Crippen LogP contribution >= 0.6 is 11.8 Å². The van der Waals surface area contributed by atoms with Gasteiger partial charge < -0.3 is 9.88 Å². The molecule has 0 aliphatic carbocycles. The van der Waals surface area contributed by atoms with E-state index in [-0.39, 0.29) is 11.2 Å². The Morgan fingerprint density at radius 1 is 1.11 bits per heavy atom. The average molecular weight is 381 g/mol. The molecule has 1 atom stereocenters. The van der Waals surface area contributed by atoms with E-state index < -0.39 is 0 Å². The Hall–Kier alpha value is -2.60. The molecule has 1 amide bonds. The minimum Gasteiger partial charge on any atom is -0.325 e. The van der Waals surface area contributed by atoms with Gasteiger partial charge in [-0.1, -0.05) is 60.6 Å². The topological polar surface area (TPSA) is 59.8 Å². The van der Waals surface area contributed by atoms with Crippen LogP contribution in [-0.2, 0) is 18.3 Å². The number of amides is 1. The number of nitrogens with zero attached hydrogens (tertiary/aromatic N) is 3. The lowest BCUT2D eigenvalue weighted by molar-refractivity contribution is -0.115. The first-order valence-corrected chi connectivity index (χ1v) is 9.88. The minimum atomic E-state index is -0.287. The lowest BCUT2D eigenvalue weighted by Gasteiger charge is -2.12.